The fraction of sp³-hybridized carbons (Fsp3) is 0.833. The molecule has 3 atom stereocenters. The zero-order chi connectivity index (χ0) is 6.43. The Morgan fingerprint density at radius 3 is 2.78 bits per heavy atom. The van der Waals surface area contributed by atoms with Crippen molar-refractivity contribution in [2.45, 2.75) is 24.9 Å². The number of hydrogen-bond donors (Lipinski definition) is 1. The van der Waals surface area contributed by atoms with Gasteiger partial charge in [0.15, 0.2) is 0 Å². The first-order valence-corrected chi connectivity index (χ1v) is 3.29. The van der Waals surface area contributed by atoms with Gasteiger partial charge in [-0.25, -0.2) is 0 Å². The molecule has 0 aromatic heterocycles. The summed E-state index contributed by atoms with van der Waals surface area (Å²) >= 11 is 0. The Morgan fingerprint density at radius 1 is 1.67 bits per heavy atom. The van der Waals surface area contributed by atoms with Crippen LogP contribution < -0.4 is 0 Å². The Balaban J connectivity index is 2.02. The van der Waals surface area contributed by atoms with Gasteiger partial charge in [0.1, 0.15) is 6.04 Å². The molecule has 3 nitrogen and oxygen atoms in total. The molecule has 1 N–H and O–H groups in total. The van der Waals surface area contributed by atoms with Gasteiger partial charge in [-0.3, -0.25) is 9.69 Å². The van der Waals surface area contributed by atoms with E-state index in [9.17, 15) is 4.79 Å². The molecular formula is C6H9NO2. The first-order valence-electron chi connectivity index (χ1n) is 3.29. The molecule has 0 saturated carbocycles. The number of carboxylic acid groups (broad SMARTS) is 1. The van der Waals surface area contributed by atoms with Crippen LogP contribution in [0.15, 0.2) is 0 Å². The Labute approximate surface area is 53.3 Å². The number of aliphatic carboxylic acids is 1. The molecule has 0 aromatic rings. The molecule has 0 aliphatic carbocycles. The SMILES string of the molecule is O=C(O)[C@@H]1[C@H]2CCCN21. The molecule has 50 valence electrons. The van der Waals surface area contributed by atoms with Crippen molar-refractivity contribution in [2.75, 3.05) is 6.54 Å². The van der Waals surface area contributed by atoms with Crippen LogP contribution in [0.2, 0.25) is 0 Å². The molecule has 2 rings (SSSR count). The van der Waals surface area contributed by atoms with Gasteiger partial charge < -0.3 is 5.11 Å². The second-order valence-electron chi connectivity index (χ2n) is 2.73. The summed E-state index contributed by atoms with van der Waals surface area (Å²) in [5, 5.41) is 8.52. The third-order valence-corrected chi connectivity index (χ3v) is 2.23. The molecule has 2 heterocycles. The first-order chi connectivity index (χ1) is 4.30. The van der Waals surface area contributed by atoms with Gasteiger partial charge in [0.05, 0.1) is 0 Å². The Kier molecular flexibility index (Phi) is 0.858. The van der Waals surface area contributed by atoms with Crippen molar-refractivity contribution in [3.05, 3.63) is 0 Å². The summed E-state index contributed by atoms with van der Waals surface area (Å²) in [5.74, 6) is -0.639. The van der Waals surface area contributed by atoms with E-state index in [2.05, 4.69) is 0 Å². The number of rotatable bonds is 1. The lowest BCUT2D eigenvalue weighted by atomic mass is 10.2. The second-order valence-corrected chi connectivity index (χ2v) is 2.73. The molecule has 0 aromatic carbocycles. The van der Waals surface area contributed by atoms with Crippen LogP contribution in [-0.2, 0) is 4.79 Å². The van der Waals surface area contributed by atoms with Crippen LogP contribution in [0.25, 0.3) is 0 Å². The van der Waals surface area contributed by atoms with Crippen LogP contribution in [0, 0.1) is 0 Å². The van der Waals surface area contributed by atoms with E-state index in [-0.39, 0.29) is 6.04 Å². The maximum absolute atomic E-state index is 10.3. The fourth-order valence-corrected chi connectivity index (χ4v) is 1.75. The highest BCUT2D eigenvalue weighted by molar-refractivity contribution is 5.78. The second kappa shape index (κ2) is 1.48. The molecule has 0 amide bonds. The normalized spacial score (nSPS) is 46.4. The van der Waals surface area contributed by atoms with E-state index in [1.165, 1.54) is 6.42 Å². The van der Waals surface area contributed by atoms with Crippen LogP contribution in [0.1, 0.15) is 12.8 Å². The fourth-order valence-electron chi connectivity index (χ4n) is 1.75. The van der Waals surface area contributed by atoms with Crippen molar-refractivity contribution >= 4 is 5.97 Å². The van der Waals surface area contributed by atoms with Gasteiger partial charge in [0.25, 0.3) is 0 Å². The largest absolute Gasteiger partial charge is 0.480 e. The van der Waals surface area contributed by atoms with E-state index >= 15 is 0 Å². The summed E-state index contributed by atoms with van der Waals surface area (Å²) in [4.78, 5) is 12.4. The quantitative estimate of drug-likeness (QED) is 0.501. The minimum atomic E-state index is -0.639. The van der Waals surface area contributed by atoms with Gasteiger partial charge in [-0.05, 0) is 19.4 Å². The third-order valence-electron chi connectivity index (χ3n) is 2.23. The van der Waals surface area contributed by atoms with Crippen molar-refractivity contribution in [2.24, 2.45) is 0 Å². The van der Waals surface area contributed by atoms with Gasteiger partial charge in [-0.1, -0.05) is 0 Å². The van der Waals surface area contributed by atoms with Gasteiger partial charge in [-0.15, -0.1) is 0 Å². The monoisotopic (exact) mass is 127 g/mol. The molecule has 2 aliphatic heterocycles. The smallest absolute Gasteiger partial charge is 0.322 e. The number of carbonyl (C=O) groups is 1. The average Bonchev–Trinajstić information content (AvgIpc) is 2.30. The van der Waals surface area contributed by atoms with E-state index < -0.39 is 5.97 Å². The van der Waals surface area contributed by atoms with Gasteiger partial charge in [0, 0.05) is 6.04 Å². The van der Waals surface area contributed by atoms with E-state index in [1.807, 2.05) is 4.90 Å². The zero-order valence-electron chi connectivity index (χ0n) is 5.08. The number of fused-ring (bicyclic) bond motifs is 1. The van der Waals surface area contributed by atoms with E-state index in [1.54, 1.807) is 0 Å². The predicted molar refractivity (Wildman–Crippen MR) is 31.2 cm³/mol. The molecule has 0 bridgehead atoms. The summed E-state index contributed by atoms with van der Waals surface area (Å²) < 4.78 is 0. The molecule has 1 unspecified atom stereocenters. The van der Waals surface area contributed by atoms with E-state index in [4.69, 9.17) is 5.11 Å². The summed E-state index contributed by atoms with van der Waals surface area (Å²) in [6.45, 7) is 1.00. The minimum absolute atomic E-state index is 0.112. The Morgan fingerprint density at radius 2 is 2.44 bits per heavy atom. The first kappa shape index (κ1) is 5.23. The van der Waals surface area contributed by atoms with E-state index in [0.717, 1.165) is 13.0 Å². The van der Waals surface area contributed by atoms with Crippen molar-refractivity contribution in [3.63, 3.8) is 0 Å². The lowest BCUT2D eigenvalue weighted by molar-refractivity contribution is -0.137. The predicted octanol–water partition coefficient (Wildman–Crippen LogP) is -0.0824. The third kappa shape index (κ3) is 0.580. The molecule has 0 spiro atoms. The maximum atomic E-state index is 10.3. The number of nitrogens with zero attached hydrogens (tertiary/aromatic N) is 1. The van der Waals surface area contributed by atoms with Crippen LogP contribution >= 0.6 is 0 Å². The lowest BCUT2D eigenvalue weighted by Gasteiger charge is -1.93. The molecule has 3 heteroatoms. The molecule has 2 aliphatic rings. The van der Waals surface area contributed by atoms with Gasteiger partial charge in [-0.2, -0.15) is 0 Å². The maximum Gasteiger partial charge on any atom is 0.322 e. The number of carboxylic acids is 1. The van der Waals surface area contributed by atoms with E-state index in [0.29, 0.717) is 6.04 Å². The summed E-state index contributed by atoms with van der Waals surface area (Å²) in [7, 11) is 0. The zero-order valence-corrected chi connectivity index (χ0v) is 5.08. The van der Waals surface area contributed by atoms with Gasteiger partial charge in [0.2, 0.25) is 0 Å². The van der Waals surface area contributed by atoms with Crippen LogP contribution in [0.4, 0.5) is 0 Å². The van der Waals surface area contributed by atoms with Crippen molar-refractivity contribution in [3.8, 4) is 0 Å². The highest BCUT2D eigenvalue weighted by atomic mass is 16.4. The van der Waals surface area contributed by atoms with Crippen LogP contribution in [0.3, 0.4) is 0 Å². The molecular weight excluding hydrogens is 118 g/mol. The summed E-state index contributed by atoms with van der Waals surface area (Å²) in [6, 6.07) is 0.293. The lowest BCUT2D eigenvalue weighted by Crippen LogP contribution is -2.14. The standard InChI is InChI=1S/C6H9NO2/c8-6(9)5-4-2-1-3-7(4)5/h4-5H,1-3H2,(H,8,9)/t4-,5+,7?/m1/s1. The number of hydrogen-bond acceptors (Lipinski definition) is 2. The van der Waals surface area contributed by atoms with Crippen LogP contribution in [-0.4, -0.2) is 34.6 Å². The average molecular weight is 127 g/mol. The van der Waals surface area contributed by atoms with Crippen molar-refractivity contribution < 1.29 is 9.90 Å². The summed E-state index contributed by atoms with van der Waals surface area (Å²) in [5.41, 5.74) is 0. The highest BCUT2D eigenvalue weighted by Crippen LogP contribution is 2.37. The molecule has 2 saturated heterocycles. The summed E-state index contributed by atoms with van der Waals surface area (Å²) in [6.07, 6.45) is 2.28. The topological polar surface area (TPSA) is 40.3 Å². The minimum Gasteiger partial charge on any atom is -0.480 e. The van der Waals surface area contributed by atoms with Crippen molar-refractivity contribution in [1.29, 1.82) is 0 Å². The Hall–Kier alpha value is -0.570. The molecule has 2 fully saturated rings. The molecule has 0 radical (unpaired) electrons. The molecule has 9 heavy (non-hydrogen) atoms. The number of piperidine rings is 1. The van der Waals surface area contributed by atoms with Gasteiger partial charge >= 0.3 is 5.97 Å². The van der Waals surface area contributed by atoms with Crippen LogP contribution in [0.5, 0.6) is 0 Å². The van der Waals surface area contributed by atoms with Crippen molar-refractivity contribution in [1.82, 2.24) is 4.90 Å². The Bertz CT molecular complexity index is 147. The highest BCUT2D eigenvalue weighted by Gasteiger charge is 2.54.